The summed E-state index contributed by atoms with van der Waals surface area (Å²) in [7, 11) is 0. The molecule has 7 heteroatoms. The summed E-state index contributed by atoms with van der Waals surface area (Å²) in [6, 6.07) is 53.0. The molecular weight excluding hydrogens is 621 g/mol. The molecule has 0 N–H and O–H groups in total. The maximum absolute atomic E-state index is 5.02. The van der Waals surface area contributed by atoms with Crippen molar-refractivity contribution in [3.8, 4) is 68.3 Å². The fraction of sp³-hybridized carbons (Fsp3) is 0. The van der Waals surface area contributed by atoms with Gasteiger partial charge in [-0.15, -0.1) is 11.3 Å². The second kappa shape index (κ2) is 12.3. The van der Waals surface area contributed by atoms with Crippen LogP contribution < -0.4 is 0 Å². The molecule has 0 saturated carbocycles. The van der Waals surface area contributed by atoms with Gasteiger partial charge < -0.3 is 0 Å². The van der Waals surface area contributed by atoms with Gasteiger partial charge in [0.1, 0.15) is 0 Å². The van der Waals surface area contributed by atoms with E-state index in [2.05, 4.69) is 36.4 Å². The van der Waals surface area contributed by atoms with E-state index in [0.29, 0.717) is 34.9 Å². The van der Waals surface area contributed by atoms with Crippen LogP contribution in [0.25, 0.3) is 88.5 Å². The van der Waals surface area contributed by atoms with Crippen molar-refractivity contribution in [2.24, 2.45) is 0 Å². The van der Waals surface area contributed by atoms with E-state index >= 15 is 0 Å². The van der Waals surface area contributed by atoms with Crippen molar-refractivity contribution < 1.29 is 0 Å². The van der Waals surface area contributed by atoms with Crippen LogP contribution >= 0.6 is 11.3 Å². The lowest BCUT2D eigenvalue weighted by atomic mass is 10.1. The van der Waals surface area contributed by atoms with Crippen LogP contribution in [0, 0.1) is 0 Å². The van der Waals surface area contributed by atoms with Gasteiger partial charge in [0.2, 0.25) is 0 Å². The molecule has 0 amide bonds. The summed E-state index contributed by atoms with van der Waals surface area (Å²) in [5, 5.41) is 2.26. The molecule has 0 aliphatic carbocycles. The van der Waals surface area contributed by atoms with Crippen molar-refractivity contribution in [1.29, 1.82) is 0 Å². The number of aromatic nitrogens is 6. The van der Waals surface area contributed by atoms with Gasteiger partial charge >= 0.3 is 0 Å². The van der Waals surface area contributed by atoms with E-state index in [9.17, 15) is 0 Å². The van der Waals surface area contributed by atoms with Crippen LogP contribution in [0.3, 0.4) is 0 Å². The molecule has 9 rings (SSSR count). The van der Waals surface area contributed by atoms with Crippen molar-refractivity contribution in [2.75, 3.05) is 0 Å². The molecule has 6 aromatic carbocycles. The Labute approximate surface area is 286 Å². The zero-order valence-electron chi connectivity index (χ0n) is 26.1. The SMILES string of the molecule is c1ccc(-c2nc(-c3ccccc3)nc(-c3ccc4sc5c(-c6nc(-c7ccccc7)nc(-c7ccccc7)n6)cccc5c4c3)n2)cc1. The molecule has 0 aliphatic heterocycles. The third-order valence-electron chi connectivity index (χ3n) is 8.39. The minimum Gasteiger partial charge on any atom is -0.208 e. The number of thiophene rings is 1. The lowest BCUT2D eigenvalue weighted by Gasteiger charge is -2.09. The summed E-state index contributed by atoms with van der Waals surface area (Å²) in [5.74, 6) is 3.83. The molecule has 0 fully saturated rings. The predicted molar refractivity (Wildman–Crippen MR) is 199 cm³/mol. The third-order valence-corrected chi connectivity index (χ3v) is 9.61. The van der Waals surface area contributed by atoms with E-state index in [4.69, 9.17) is 29.9 Å². The van der Waals surface area contributed by atoms with Gasteiger partial charge in [0, 0.05) is 53.6 Å². The number of fused-ring (bicyclic) bond motifs is 3. The Kier molecular flexibility index (Phi) is 7.22. The standard InChI is InChI=1S/C42H26N6S/c1-5-14-27(15-6-1)37-43-38(28-16-7-2-8-17-28)46-41(45-37)31-24-25-35-34(26-31)32-22-13-23-33(36(32)49-35)42-47-39(29-18-9-3-10-19-29)44-40(48-42)30-20-11-4-12-21-30/h1-26H. The zero-order valence-corrected chi connectivity index (χ0v) is 26.9. The van der Waals surface area contributed by atoms with Crippen LogP contribution in [0.1, 0.15) is 0 Å². The second-order valence-electron chi connectivity index (χ2n) is 11.6. The minimum atomic E-state index is 0.627. The van der Waals surface area contributed by atoms with Gasteiger partial charge in [-0.2, -0.15) is 0 Å². The molecular formula is C42H26N6S. The van der Waals surface area contributed by atoms with E-state index in [1.807, 2.05) is 121 Å². The van der Waals surface area contributed by atoms with Gasteiger partial charge in [0.05, 0.1) is 0 Å². The van der Waals surface area contributed by atoms with E-state index < -0.39 is 0 Å². The summed E-state index contributed by atoms with van der Waals surface area (Å²) in [6.07, 6.45) is 0. The predicted octanol–water partition coefficient (Wildman–Crippen LogP) is 10.4. The van der Waals surface area contributed by atoms with Crippen LogP contribution in [-0.2, 0) is 0 Å². The van der Waals surface area contributed by atoms with Crippen LogP contribution in [0.2, 0.25) is 0 Å². The second-order valence-corrected chi connectivity index (χ2v) is 12.6. The van der Waals surface area contributed by atoms with E-state index in [-0.39, 0.29) is 0 Å². The van der Waals surface area contributed by atoms with E-state index in [1.165, 1.54) is 0 Å². The van der Waals surface area contributed by atoms with Crippen molar-refractivity contribution in [3.05, 3.63) is 158 Å². The van der Waals surface area contributed by atoms with Gasteiger partial charge in [-0.1, -0.05) is 133 Å². The summed E-state index contributed by atoms with van der Waals surface area (Å²) < 4.78 is 2.27. The molecule has 0 radical (unpaired) electrons. The molecule has 9 aromatic rings. The first kappa shape index (κ1) is 28.8. The van der Waals surface area contributed by atoms with Crippen molar-refractivity contribution in [3.63, 3.8) is 0 Å². The lowest BCUT2D eigenvalue weighted by molar-refractivity contribution is 1.07. The van der Waals surface area contributed by atoms with Gasteiger partial charge in [-0.05, 0) is 24.3 Å². The smallest absolute Gasteiger partial charge is 0.165 e. The summed E-state index contributed by atoms with van der Waals surface area (Å²) in [5.41, 5.74) is 5.66. The molecule has 0 spiro atoms. The Bertz CT molecular complexity index is 2470. The van der Waals surface area contributed by atoms with Gasteiger partial charge in [-0.25, -0.2) is 29.9 Å². The highest BCUT2D eigenvalue weighted by Crippen LogP contribution is 2.41. The molecule has 0 saturated heterocycles. The quantitative estimate of drug-likeness (QED) is 0.179. The number of rotatable bonds is 6. The van der Waals surface area contributed by atoms with Crippen molar-refractivity contribution >= 4 is 31.5 Å². The lowest BCUT2D eigenvalue weighted by Crippen LogP contribution is -2.00. The Morgan fingerprint density at radius 2 is 0.714 bits per heavy atom. The van der Waals surface area contributed by atoms with Gasteiger partial charge in [0.25, 0.3) is 0 Å². The topological polar surface area (TPSA) is 77.3 Å². The largest absolute Gasteiger partial charge is 0.208 e. The third kappa shape index (κ3) is 5.52. The molecule has 0 atom stereocenters. The van der Waals surface area contributed by atoms with E-state index in [1.54, 1.807) is 11.3 Å². The van der Waals surface area contributed by atoms with Gasteiger partial charge in [0.15, 0.2) is 34.9 Å². The number of hydrogen-bond donors (Lipinski definition) is 0. The Morgan fingerprint density at radius 1 is 0.306 bits per heavy atom. The summed E-state index contributed by atoms with van der Waals surface area (Å²) >= 11 is 1.74. The highest BCUT2D eigenvalue weighted by Gasteiger charge is 2.18. The first-order chi connectivity index (χ1) is 24.3. The Balaban J connectivity index is 1.20. The maximum atomic E-state index is 5.02. The average molecular weight is 647 g/mol. The molecule has 3 heterocycles. The van der Waals surface area contributed by atoms with Crippen LogP contribution in [0.4, 0.5) is 0 Å². The summed E-state index contributed by atoms with van der Waals surface area (Å²) in [4.78, 5) is 29.7. The highest BCUT2D eigenvalue weighted by atomic mass is 32.1. The number of benzene rings is 6. The Hall–Kier alpha value is -6.44. The molecule has 0 unspecified atom stereocenters. The maximum Gasteiger partial charge on any atom is 0.165 e. The summed E-state index contributed by atoms with van der Waals surface area (Å²) in [6.45, 7) is 0. The monoisotopic (exact) mass is 646 g/mol. The van der Waals surface area contributed by atoms with Crippen LogP contribution in [0.5, 0.6) is 0 Å². The van der Waals surface area contributed by atoms with Crippen molar-refractivity contribution in [1.82, 2.24) is 29.9 Å². The first-order valence-corrected chi connectivity index (χ1v) is 16.8. The molecule has 49 heavy (non-hydrogen) atoms. The van der Waals surface area contributed by atoms with Crippen molar-refractivity contribution in [2.45, 2.75) is 0 Å². The number of nitrogens with zero attached hydrogens (tertiary/aromatic N) is 6. The molecule has 230 valence electrons. The van der Waals surface area contributed by atoms with Gasteiger partial charge in [-0.3, -0.25) is 0 Å². The van der Waals surface area contributed by atoms with Crippen LogP contribution in [-0.4, -0.2) is 29.9 Å². The Morgan fingerprint density at radius 3 is 1.16 bits per heavy atom. The zero-order chi connectivity index (χ0) is 32.6. The molecule has 0 aliphatic rings. The van der Waals surface area contributed by atoms with E-state index in [0.717, 1.165) is 53.6 Å². The first-order valence-electron chi connectivity index (χ1n) is 16.0. The normalized spacial score (nSPS) is 11.3. The highest BCUT2D eigenvalue weighted by molar-refractivity contribution is 7.26. The average Bonchev–Trinajstić information content (AvgIpc) is 3.57. The fourth-order valence-electron chi connectivity index (χ4n) is 5.98. The minimum absolute atomic E-state index is 0.627. The molecule has 3 aromatic heterocycles. The van der Waals surface area contributed by atoms with Crippen LogP contribution in [0.15, 0.2) is 158 Å². The molecule has 0 bridgehead atoms. The number of hydrogen-bond acceptors (Lipinski definition) is 7. The fourth-order valence-corrected chi connectivity index (χ4v) is 7.17. The molecule has 6 nitrogen and oxygen atoms in total.